The lowest BCUT2D eigenvalue weighted by Gasteiger charge is -2.32. The van der Waals surface area contributed by atoms with Crippen LogP contribution in [0.4, 0.5) is 4.79 Å². The van der Waals surface area contributed by atoms with E-state index in [0.29, 0.717) is 5.06 Å². The second-order valence-corrected chi connectivity index (χ2v) is 5.08. The molecule has 3 amide bonds. The third-order valence-electron chi connectivity index (χ3n) is 2.53. The van der Waals surface area contributed by atoms with Crippen molar-refractivity contribution < 1.29 is 29.1 Å². The van der Waals surface area contributed by atoms with Gasteiger partial charge in [-0.2, -0.15) is 0 Å². The molecule has 0 bridgehead atoms. The van der Waals surface area contributed by atoms with E-state index in [2.05, 4.69) is 4.84 Å². The fourth-order valence-corrected chi connectivity index (χ4v) is 1.51. The molecule has 19 heavy (non-hydrogen) atoms. The number of carbonyl (C=O) groups excluding carboxylic acids is 3. The van der Waals surface area contributed by atoms with Gasteiger partial charge in [-0.1, -0.05) is 0 Å². The van der Waals surface area contributed by atoms with E-state index < -0.39 is 36.0 Å². The summed E-state index contributed by atoms with van der Waals surface area (Å²) in [7, 11) is 0. The summed E-state index contributed by atoms with van der Waals surface area (Å²) < 4.78 is 0. The van der Waals surface area contributed by atoms with E-state index in [0.717, 1.165) is 4.90 Å². The Balaban J connectivity index is 2.66. The minimum absolute atomic E-state index is 0.00592. The first-order valence-electron chi connectivity index (χ1n) is 5.70. The van der Waals surface area contributed by atoms with Gasteiger partial charge in [0.05, 0.1) is 0 Å². The fourth-order valence-electron chi connectivity index (χ4n) is 1.51. The maximum absolute atomic E-state index is 11.6. The van der Waals surface area contributed by atoms with Crippen molar-refractivity contribution in [3.63, 3.8) is 0 Å². The van der Waals surface area contributed by atoms with E-state index in [-0.39, 0.29) is 12.8 Å². The Bertz CT molecular complexity index is 409. The zero-order valence-electron chi connectivity index (χ0n) is 11.0. The van der Waals surface area contributed by atoms with E-state index in [4.69, 9.17) is 5.11 Å². The van der Waals surface area contributed by atoms with E-state index in [9.17, 15) is 19.2 Å². The van der Waals surface area contributed by atoms with Crippen molar-refractivity contribution in [1.82, 2.24) is 9.96 Å². The van der Waals surface area contributed by atoms with E-state index in [1.807, 2.05) is 0 Å². The van der Waals surface area contributed by atoms with Crippen LogP contribution in [0.1, 0.15) is 33.6 Å². The summed E-state index contributed by atoms with van der Waals surface area (Å²) in [6, 6.07) is 0. The molecule has 0 radical (unpaired) electrons. The zero-order valence-corrected chi connectivity index (χ0v) is 11.0. The van der Waals surface area contributed by atoms with E-state index in [1.54, 1.807) is 20.8 Å². The first kappa shape index (κ1) is 14.9. The second kappa shape index (κ2) is 5.25. The van der Waals surface area contributed by atoms with Gasteiger partial charge >= 0.3 is 12.1 Å². The normalized spacial score (nSPS) is 15.6. The van der Waals surface area contributed by atoms with Gasteiger partial charge in [0.15, 0.2) is 0 Å². The smallest absolute Gasteiger partial charge is 0.408 e. The summed E-state index contributed by atoms with van der Waals surface area (Å²) in [5, 5.41) is 9.39. The maximum Gasteiger partial charge on any atom is 0.408 e. The number of amides is 3. The summed E-state index contributed by atoms with van der Waals surface area (Å²) in [5.74, 6) is -2.17. The maximum atomic E-state index is 11.6. The third-order valence-corrected chi connectivity index (χ3v) is 2.53. The molecule has 0 aromatic heterocycles. The highest BCUT2D eigenvalue weighted by Gasteiger charge is 2.35. The molecule has 8 heteroatoms. The Morgan fingerprint density at radius 1 is 1.26 bits per heavy atom. The molecule has 1 aliphatic rings. The Hall–Kier alpha value is -2.12. The largest absolute Gasteiger partial charge is 0.465 e. The van der Waals surface area contributed by atoms with Gasteiger partial charge in [0, 0.05) is 18.4 Å². The predicted molar refractivity (Wildman–Crippen MR) is 61.7 cm³/mol. The van der Waals surface area contributed by atoms with E-state index >= 15 is 0 Å². The number of hydroxylamine groups is 2. The summed E-state index contributed by atoms with van der Waals surface area (Å²) in [5.41, 5.74) is -0.802. The molecule has 0 aliphatic carbocycles. The molecule has 0 aromatic rings. The lowest BCUT2D eigenvalue weighted by atomic mass is 10.1. The molecular weight excluding hydrogens is 256 g/mol. The van der Waals surface area contributed by atoms with Crippen LogP contribution in [-0.2, 0) is 19.2 Å². The van der Waals surface area contributed by atoms with Gasteiger partial charge in [0.2, 0.25) is 0 Å². The molecule has 0 spiro atoms. The number of carbonyl (C=O) groups is 4. The number of carboxylic acid groups (broad SMARTS) is 1. The lowest BCUT2D eigenvalue weighted by Crippen LogP contribution is -2.49. The number of hydrogen-bond donors (Lipinski definition) is 1. The minimum Gasteiger partial charge on any atom is -0.465 e. The van der Waals surface area contributed by atoms with Crippen LogP contribution in [0.2, 0.25) is 0 Å². The summed E-state index contributed by atoms with van der Waals surface area (Å²) in [6.07, 6.45) is -1.30. The van der Waals surface area contributed by atoms with Gasteiger partial charge in [-0.15, -0.1) is 5.06 Å². The SMILES string of the molecule is CC(C)(C)N(CC(=O)ON1C(=O)CCC1=O)C(=O)O. The molecule has 1 aliphatic heterocycles. The zero-order chi connectivity index (χ0) is 14.8. The van der Waals surface area contributed by atoms with Crippen molar-refractivity contribution >= 4 is 23.9 Å². The van der Waals surface area contributed by atoms with Gasteiger partial charge < -0.3 is 9.94 Å². The lowest BCUT2D eigenvalue weighted by molar-refractivity contribution is -0.198. The predicted octanol–water partition coefficient (Wildman–Crippen LogP) is 0.372. The van der Waals surface area contributed by atoms with Gasteiger partial charge in [-0.25, -0.2) is 9.59 Å². The van der Waals surface area contributed by atoms with Crippen LogP contribution in [-0.4, -0.2) is 51.0 Å². The molecule has 0 saturated carbocycles. The quantitative estimate of drug-likeness (QED) is 0.744. The van der Waals surface area contributed by atoms with Gasteiger partial charge in [-0.05, 0) is 20.8 Å². The average Bonchev–Trinajstić information content (AvgIpc) is 2.55. The molecule has 0 aromatic carbocycles. The summed E-state index contributed by atoms with van der Waals surface area (Å²) in [6.45, 7) is 4.28. The van der Waals surface area contributed by atoms with E-state index in [1.165, 1.54) is 0 Å². The Morgan fingerprint density at radius 2 is 1.74 bits per heavy atom. The van der Waals surface area contributed by atoms with Crippen molar-refractivity contribution in [2.45, 2.75) is 39.2 Å². The van der Waals surface area contributed by atoms with Crippen LogP contribution in [0.5, 0.6) is 0 Å². The molecule has 106 valence electrons. The number of nitrogens with zero attached hydrogens (tertiary/aromatic N) is 2. The highest BCUT2D eigenvalue weighted by atomic mass is 16.7. The monoisotopic (exact) mass is 272 g/mol. The molecule has 8 nitrogen and oxygen atoms in total. The van der Waals surface area contributed by atoms with Crippen molar-refractivity contribution in [2.75, 3.05) is 6.54 Å². The molecule has 0 atom stereocenters. The van der Waals surface area contributed by atoms with Crippen molar-refractivity contribution in [1.29, 1.82) is 0 Å². The van der Waals surface area contributed by atoms with Crippen LogP contribution in [0, 0.1) is 0 Å². The Labute approximate surface area is 109 Å². The molecule has 1 fully saturated rings. The van der Waals surface area contributed by atoms with Gasteiger partial charge in [0.1, 0.15) is 6.54 Å². The molecule has 1 saturated heterocycles. The fraction of sp³-hybridized carbons (Fsp3) is 0.636. The third kappa shape index (κ3) is 3.67. The van der Waals surface area contributed by atoms with Crippen LogP contribution in [0.15, 0.2) is 0 Å². The minimum atomic E-state index is -1.29. The molecule has 0 unspecified atom stereocenters. The molecule has 1 rings (SSSR count). The van der Waals surface area contributed by atoms with Gasteiger partial charge in [0.25, 0.3) is 11.8 Å². The van der Waals surface area contributed by atoms with Crippen molar-refractivity contribution in [3.05, 3.63) is 0 Å². The number of imide groups is 1. The number of hydrogen-bond acceptors (Lipinski definition) is 5. The first-order valence-corrected chi connectivity index (χ1v) is 5.70. The van der Waals surface area contributed by atoms with Crippen LogP contribution in [0.3, 0.4) is 0 Å². The molecule has 1 heterocycles. The van der Waals surface area contributed by atoms with Crippen LogP contribution < -0.4 is 0 Å². The van der Waals surface area contributed by atoms with Gasteiger partial charge in [-0.3, -0.25) is 14.5 Å². The topological polar surface area (TPSA) is 104 Å². The Morgan fingerprint density at radius 3 is 2.11 bits per heavy atom. The van der Waals surface area contributed by atoms with Crippen LogP contribution in [0.25, 0.3) is 0 Å². The summed E-state index contributed by atoms with van der Waals surface area (Å²) in [4.78, 5) is 50.5. The second-order valence-electron chi connectivity index (χ2n) is 5.08. The van der Waals surface area contributed by atoms with Crippen molar-refractivity contribution in [2.24, 2.45) is 0 Å². The number of rotatable bonds is 3. The average molecular weight is 272 g/mol. The molecule has 1 N–H and O–H groups in total. The van der Waals surface area contributed by atoms with Crippen molar-refractivity contribution in [3.8, 4) is 0 Å². The highest BCUT2D eigenvalue weighted by Crippen LogP contribution is 2.15. The Kier molecular flexibility index (Phi) is 4.13. The first-order chi connectivity index (χ1) is 8.62. The van der Waals surface area contributed by atoms with Crippen LogP contribution >= 0.6 is 0 Å². The summed E-state index contributed by atoms with van der Waals surface area (Å²) >= 11 is 0. The highest BCUT2D eigenvalue weighted by molar-refractivity contribution is 6.01. The molecular formula is C11H16N2O6. The standard InChI is InChI=1S/C11H16N2O6/c1-11(2,3)12(10(17)18)6-9(16)19-13-7(14)4-5-8(13)15/h4-6H2,1-3H3,(H,17,18).